The summed E-state index contributed by atoms with van der Waals surface area (Å²) in [6.07, 6.45) is 0. The van der Waals surface area contributed by atoms with E-state index in [1.165, 1.54) is 17.1 Å². The average Bonchev–Trinajstić information content (AvgIpc) is 2.74. The molecule has 0 fully saturated rings. The molecule has 0 aliphatic heterocycles. The minimum Gasteiger partial charge on any atom is -0.308 e. The minimum absolute atomic E-state index is 0.148. The van der Waals surface area contributed by atoms with Gasteiger partial charge in [0.1, 0.15) is 0 Å². The molecule has 0 radical (unpaired) electrons. The topological polar surface area (TPSA) is 37.8 Å². The van der Waals surface area contributed by atoms with Crippen LogP contribution in [0.1, 0.15) is 17.3 Å². The van der Waals surface area contributed by atoms with Crippen LogP contribution in [0.15, 0.2) is 35.7 Å². The monoisotopic (exact) mass is 205 g/mol. The van der Waals surface area contributed by atoms with Crippen molar-refractivity contribution in [1.29, 1.82) is 0 Å². The first-order chi connectivity index (χ1) is 6.92. The summed E-state index contributed by atoms with van der Waals surface area (Å²) in [4.78, 5) is 0. The smallest absolute Gasteiger partial charge is 0.0970 e. The van der Waals surface area contributed by atoms with E-state index in [-0.39, 0.29) is 6.04 Å². The molecule has 0 saturated carbocycles. The highest BCUT2D eigenvalue weighted by molar-refractivity contribution is 7.03. The van der Waals surface area contributed by atoms with E-state index in [4.69, 9.17) is 0 Å². The van der Waals surface area contributed by atoms with Gasteiger partial charge in [-0.25, -0.2) is 0 Å². The molecule has 2 aromatic rings. The number of hydrogen-bond acceptors (Lipinski definition) is 4. The maximum absolute atomic E-state index is 4.07. The van der Waals surface area contributed by atoms with Gasteiger partial charge in [-0.05, 0) is 24.1 Å². The van der Waals surface area contributed by atoms with E-state index in [0.717, 1.165) is 5.69 Å². The van der Waals surface area contributed by atoms with Crippen LogP contribution in [0.3, 0.4) is 0 Å². The zero-order valence-electron chi connectivity index (χ0n) is 7.84. The Bertz CT molecular complexity index is 372. The third-order valence-electron chi connectivity index (χ3n) is 2.09. The van der Waals surface area contributed by atoms with Crippen molar-refractivity contribution in [1.82, 2.24) is 14.9 Å². The molecule has 1 aromatic carbocycles. The number of rotatable bonds is 3. The number of hydrogen-bond donors (Lipinski definition) is 1. The zero-order chi connectivity index (χ0) is 9.80. The first-order valence-electron chi connectivity index (χ1n) is 4.41. The molecule has 1 unspecified atom stereocenters. The predicted octanol–water partition coefficient (Wildman–Crippen LogP) is 1.85. The molecule has 2 rings (SSSR count). The van der Waals surface area contributed by atoms with E-state index in [1.807, 2.05) is 30.6 Å². The Kier molecular flexibility index (Phi) is 2.86. The normalized spacial score (nSPS) is 12.6. The predicted molar refractivity (Wildman–Crippen MR) is 57.3 cm³/mol. The van der Waals surface area contributed by atoms with Crippen LogP contribution in [0.25, 0.3) is 0 Å². The summed E-state index contributed by atoms with van der Waals surface area (Å²) in [5, 5.41) is 9.26. The van der Waals surface area contributed by atoms with Gasteiger partial charge in [-0.2, -0.15) is 0 Å². The molecule has 0 amide bonds. The van der Waals surface area contributed by atoms with Gasteiger partial charge in [-0.15, -0.1) is 5.10 Å². The molecule has 72 valence electrons. The quantitative estimate of drug-likeness (QED) is 0.831. The largest absolute Gasteiger partial charge is 0.308 e. The molecule has 1 aromatic heterocycles. The van der Waals surface area contributed by atoms with Crippen molar-refractivity contribution < 1.29 is 0 Å². The lowest BCUT2D eigenvalue weighted by molar-refractivity contribution is 0.668. The summed E-state index contributed by atoms with van der Waals surface area (Å²) in [7, 11) is 1.93. The maximum atomic E-state index is 4.07. The van der Waals surface area contributed by atoms with Crippen molar-refractivity contribution in [3.8, 4) is 0 Å². The molecular weight excluding hydrogens is 194 g/mol. The van der Waals surface area contributed by atoms with Crippen molar-refractivity contribution in [2.45, 2.75) is 6.04 Å². The van der Waals surface area contributed by atoms with Crippen LogP contribution >= 0.6 is 11.5 Å². The summed E-state index contributed by atoms with van der Waals surface area (Å²) >= 11 is 1.38. The lowest BCUT2D eigenvalue weighted by Gasteiger charge is -2.12. The van der Waals surface area contributed by atoms with Gasteiger partial charge in [0.05, 0.1) is 11.7 Å². The number of nitrogens with one attached hydrogen (secondary N) is 1. The van der Waals surface area contributed by atoms with Crippen LogP contribution in [-0.2, 0) is 0 Å². The van der Waals surface area contributed by atoms with Crippen LogP contribution in [0, 0.1) is 0 Å². The van der Waals surface area contributed by atoms with Gasteiger partial charge in [0.25, 0.3) is 0 Å². The summed E-state index contributed by atoms with van der Waals surface area (Å²) in [5.74, 6) is 0. The molecule has 14 heavy (non-hydrogen) atoms. The van der Waals surface area contributed by atoms with Crippen molar-refractivity contribution in [2.24, 2.45) is 0 Å². The van der Waals surface area contributed by atoms with Gasteiger partial charge in [0, 0.05) is 5.38 Å². The second-order valence-electron chi connectivity index (χ2n) is 2.96. The van der Waals surface area contributed by atoms with Gasteiger partial charge < -0.3 is 5.32 Å². The lowest BCUT2D eigenvalue weighted by Crippen LogP contribution is -2.17. The zero-order valence-corrected chi connectivity index (χ0v) is 8.66. The molecule has 0 aliphatic carbocycles. The fraction of sp³-hybridized carbons (Fsp3) is 0.200. The molecule has 0 saturated heterocycles. The van der Waals surface area contributed by atoms with E-state index in [0.29, 0.717) is 0 Å². The van der Waals surface area contributed by atoms with Crippen LogP contribution in [0.2, 0.25) is 0 Å². The minimum atomic E-state index is 0.148. The van der Waals surface area contributed by atoms with Crippen molar-refractivity contribution in [3.63, 3.8) is 0 Å². The fourth-order valence-electron chi connectivity index (χ4n) is 1.43. The highest BCUT2D eigenvalue weighted by atomic mass is 32.1. The van der Waals surface area contributed by atoms with Gasteiger partial charge in [0.15, 0.2) is 0 Å². The summed E-state index contributed by atoms with van der Waals surface area (Å²) < 4.78 is 3.87. The molecule has 1 heterocycles. The molecular formula is C10H11N3S. The highest BCUT2D eigenvalue weighted by Gasteiger charge is 2.13. The Labute approximate surface area is 87.0 Å². The van der Waals surface area contributed by atoms with E-state index in [1.54, 1.807) is 0 Å². The lowest BCUT2D eigenvalue weighted by atomic mass is 10.1. The first-order valence-corrected chi connectivity index (χ1v) is 5.24. The Morgan fingerprint density at radius 3 is 2.64 bits per heavy atom. The highest BCUT2D eigenvalue weighted by Crippen LogP contribution is 2.19. The number of aromatic nitrogens is 2. The summed E-state index contributed by atoms with van der Waals surface area (Å²) in [6, 6.07) is 10.4. The molecule has 0 aliphatic rings. The average molecular weight is 205 g/mol. The van der Waals surface area contributed by atoms with Gasteiger partial charge >= 0.3 is 0 Å². The molecule has 1 N–H and O–H groups in total. The van der Waals surface area contributed by atoms with Gasteiger partial charge in [-0.3, -0.25) is 0 Å². The second kappa shape index (κ2) is 4.30. The van der Waals surface area contributed by atoms with E-state index in [2.05, 4.69) is 27.0 Å². The van der Waals surface area contributed by atoms with Crippen molar-refractivity contribution in [2.75, 3.05) is 7.05 Å². The van der Waals surface area contributed by atoms with Crippen LogP contribution in [-0.4, -0.2) is 16.6 Å². The maximum Gasteiger partial charge on any atom is 0.0970 e. The van der Waals surface area contributed by atoms with Crippen molar-refractivity contribution in [3.05, 3.63) is 47.0 Å². The molecule has 0 spiro atoms. The standard InChI is InChI=1S/C10H11N3S/c1-11-10(9-7-14-13-12-9)8-5-3-2-4-6-8/h2-7,10-11H,1H3. The fourth-order valence-corrected chi connectivity index (χ4v) is 1.91. The van der Waals surface area contributed by atoms with Gasteiger partial charge in [0.2, 0.25) is 0 Å². The Morgan fingerprint density at radius 2 is 2.07 bits per heavy atom. The van der Waals surface area contributed by atoms with E-state index in [9.17, 15) is 0 Å². The molecule has 1 atom stereocenters. The van der Waals surface area contributed by atoms with Crippen LogP contribution in [0.4, 0.5) is 0 Å². The van der Waals surface area contributed by atoms with Crippen molar-refractivity contribution >= 4 is 11.5 Å². The molecule has 0 bridgehead atoms. The Hall–Kier alpha value is -1.26. The summed E-state index contributed by atoms with van der Waals surface area (Å²) in [5.41, 5.74) is 2.19. The molecule has 3 nitrogen and oxygen atoms in total. The van der Waals surface area contributed by atoms with E-state index >= 15 is 0 Å². The SMILES string of the molecule is CNC(c1ccccc1)c1csnn1. The third kappa shape index (κ3) is 1.81. The Morgan fingerprint density at radius 1 is 1.29 bits per heavy atom. The van der Waals surface area contributed by atoms with E-state index < -0.39 is 0 Å². The first kappa shape index (κ1) is 9.30. The van der Waals surface area contributed by atoms with Gasteiger partial charge in [-0.1, -0.05) is 34.8 Å². The molecule has 4 heteroatoms. The number of benzene rings is 1. The van der Waals surface area contributed by atoms with Crippen LogP contribution in [0.5, 0.6) is 0 Å². The third-order valence-corrected chi connectivity index (χ3v) is 2.62. The second-order valence-corrected chi connectivity index (χ2v) is 3.57. The number of nitrogens with zero attached hydrogens (tertiary/aromatic N) is 2. The van der Waals surface area contributed by atoms with Crippen LogP contribution < -0.4 is 5.32 Å². The Balaban J connectivity index is 2.31. The summed E-state index contributed by atoms with van der Waals surface area (Å²) in [6.45, 7) is 0.